The van der Waals surface area contributed by atoms with E-state index in [1.807, 2.05) is 24.3 Å². The van der Waals surface area contributed by atoms with Crippen molar-refractivity contribution in [1.82, 2.24) is 20.1 Å². The molecule has 0 unspecified atom stereocenters. The number of hydrogen-bond acceptors (Lipinski definition) is 4. The Bertz CT molecular complexity index is 1020. The molecule has 2 atom stereocenters. The van der Waals surface area contributed by atoms with Crippen molar-refractivity contribution in [2.24, 2.45) is 0 Å². The normalized spacial score (nSPS) is 17.7. The summed E-state index contributed by atoms with van der Waals surface area (Å²) in [4.78, 5) is 12.3. The average molecular weight is 441 g/mol. The summed E-state index contributed by atoms with van der Waals surface area (Å²) < 4.78 is 2.15. The molecule has 1 fully saturated rings. The Hall–Kier alpha value is -2.31. The highest BCUT2D eigenvalue weighted by molar-refractivity contribution is 7.99. The van der Waals surface area contributed by atoms with Crippen molar-refractivity contribution in [3.63, 3.8) is 0 Å². The summed E-state index contributed by atoms with van der Waals surface area (Å²) in [5.41, 5.74) is 3.67. The number of aryl methyl sites for hydroxylation is 1. The first-order valence-electron chi connectivity index (χ1n) is 10.2. The van der Waals surface area contributed by atoms with Crippen LogP contribution < -0.4 is 5.32 Å². The van der Waals surface area contributed by atoms with Gasteiger partial charge in [0.1, 0.15) is 5.82 Å². The van der Waals surface area contributed by atoms with Gasteiger partial charge in [-0.2, -0.15) is 0 Å². The topological polar surface area (TPSA) is 59.8 Å². The van der Waals surface area contributed by atoms with Crippen LogP contribution in [0.15, 0.2) is 53.7 Å². The average Bonchev–Trinajstić information content (AvgIpc) is 3.44. The van der Waals surface area contributed by atoms with Crippen LogP contribution in [0.4, 0.5) is 0 Å². The molecule has 0 aliphatic heterocycles. The number of rotatable bonds is 8. The molecule has 1 amide bonds. The Morgan fingerprint density at radius 1 is 1.13 bits per heavy atom. The van der Waals surface area contributed by atoms with Crippen molar-refractivity contribution in [2.75, 3.05) is 5.75 Å². The minimum atomic E-state index is -0.0221. The number of hydrogen-bond donors (Lipinski definition) is 1. The van der Waals surface area contributed by atoms with Gasteiger partial charge in [-0.1, -0.05) is 65.3 Å². The van der Waals surface area contributed by atoms with Crippen molar-refractivity contribution in [1.29, 1.82) is 0 Å². The monoisotopic (exact) mass is 440 g/mol. The molecule has 1 heterocycles. The maximum Gasteiger partial charge on any atom is 0.230 e. The zero-order valence-corrected chi connectivity index (χ0v) is 18.7. The lowest BCUT2D eigenvalue weighted by Gasteiger charge is -2.08. The van der Waals surface area contributed by atoms with Crippen molar-refractivity contribution in [3.05, 3.63) is 76.1 Å². The molecule has 2 aromatic carbocycles. The van der Waals surface area contributed by atoms with Crippen LogP contribution in [0.2, 0.25) is 5.02 Å². The molecule has 7 heteroatoms. The summed E-state index contributed by atoms with van der Waals surface area (Å²) in [5.74, 6) is 2.25. The number of nitrogens with zero attached hydrogens (tertiary/aromatic N) is 3. The zero-order valence-electron chi connectivity index (χ0n) is 17.1. The SMILES string of the molecule is CCn1c(SCC(=O)NCc2ccc(Cl)cc2)nnc1[C@@H]1C[C@H]1c1ccc(C)cc1. The first-order valence-corrected chi connectivity index (χ1v) is 11.5. The first kappa shape index (κ1) is 20.9. The lowest BCUT2D eigenvalue weighted by molar-refractivity contribution is -0.118. The molecule has 30 heavy (non-hydrogen) atoms. The van der Waals surface area contributed by atoms with Crippen LogP contribution in [0.25, 0.3) is 0 Å². The highest BCUT2D eigenvalue weighted by atomic mass is 35.5. The van der Waals surface area contributed by atoms with Crippen molar-refractivity contribution < 1.29 is 4.79 Å². The molecule has 0 bridgehead atoms. The smallest absolute Gasteiger partial charge is 0.230 e. The number of amides is 1. The number of thioether (sulfide) groups is 1. The fourth-order valence-corrected chi connectivity index (χ4v) is 4.59. The third kappa shape index (κ3) is 4.87. The number of halogens is 1. The van der Waals surface area contributed by atoms with Gasteiger partial charge >= 0.3 is 0 Å². The third-order valence-electron chi connectivity index (χ3n) is 5.42. The van der Waals surface area contributed by atoms with E-state index >= 15 is 0 Å². The molecule has 156 valence electrons. The molecule has 0 spiro atoms. The van der Waals surface area contributed by atoms with Crippen molar-refractivity contribution >= 4 is 29.3 Å². The molecule has 1 saturated carbocycles. The van der Waals surface area contributed by atoms with Crippen LogP contribution in [0, 0.1) is 6.92 Å². The van der Waals surface area contributed by atoms with Gasteiger partial charge in [0, 0.05) is 24.0 Å². The largest absolute Gasteiger partial charge is 0.351 e. The van der Waals surface area contributed by atoms with Crippen LogP contribution in [-0.4, -0.2) is 26.4 Å². The van der Waals surface area contributed by atoms with E-state index in [4.69, 9.17) is 11.6 Å². The van der Waals surface area contributed by atoms with Crippen LogP contribution in [-0.2, 0) is 17.9 Å². The van der Waals surface area contributed by atoms with Crippen LogP contribution in [0.3, 0.4) is 0 Å². The molecule has 1 aliphatic rings. The molecule has 4 rings (SSSR count). The van der Waals surface area contributed by atoms with E-state index in [9.17, 15) is 4.79 Å². The van der Waals surface area contributed by atoms with E-state index in [0.717, 1.165) is 29.5 Å². The highest BCUT2D eigenvalue weighted by Gasteiger charge is 2.43. The Morgan fingerprint density at radius 2 is 1.87 bits per heavy atom. The van der Waals surface area contributed by atoms with Crippen molar-refractivity contribution in [2.45, 2.75) is 50.4 Å². The lowest BCUT2D eigenvalue weighted by Crippen LogP contribution is -2.24. The predicted octanol–water partition coefficient (Wildman–Crippen LogP) is 4.94. The minimum absolute atomic E-state index is 0.0221. The predicted molar refractivity (Wildman–Crippen MR) is 121 cm³/mol. The second-order valence-corrected chi connectivity index (χ2v) is 9.02. The van der Waals surface area contributed by atoms with Crippen LogP contribution in [0.1, 0.15) is 47.7 Å². The van der Waals surface area contributed by atoms with Gasteiger partial charge in [-0.25, -0.2) is 0 Å². The van der Waals surface area contributed by atoms with Gasteiger partial charge in [0.15, 0.2) is 5.16 Å². The molecular weight excluding hydrogens is 416 g/mol. The fourth-order valence-electron chi connectivity index (χ4n) is 3.62. The Kier molecular flexibility index (Phi) is 6.44. The van der Waals surface area contributed by atoms with Gasteiger partial charge in [0.25, 0.3) is 0 Å². The number of benzene rings is 2. The zero-order chi connectivity index (χ0) is 21.1. The molecule has 1 aliphatic carbocycles. The van der Waals surface area contributed by atoms with E-state index in [1.165, 1.54) is 22.9 Å². The molecule has 1 N–H and O–H groups in total. The van der Waals surface area contributed by atoms with Gasteiger partial charge in [-0.05, 0) is 49.4 Å². The summed E-state index contributed by atoms with van der Waals surface area (Å²) in [6.07, 6.45) is 1.10. The van der Waals surface area contributed by atoms with E-state index in [0.29, 0.717) is 29.2 Å². The molecule has 3 aromatic rings. The van der Waals surface area contributed by atoms with Crippen LogP contribution >= 0.6 is 23.4 Å². The Morgan fingerprint density at radius 3 is 2.57 bits per heavy atom. The highest BCUT2D eigenvalue weighted by Crippen LogP contribution is 2.54. The summed E-state index contributed by atoms with van der Waals surface area (Å²) in [6.45, 7) is 5.49. The second-order valence-electron chi connectivity index (χ2n) is 7.64. The summed E-state index contributed by atoms with van der Waals surface area (Å²) in [5, 5.41) is 13.3. The Balaban J connectivity index is 1.33. The maximum absolute atomic E-state index is 12.3. The van der Waals surface area contributed by atoms with E-state index in [-0.39, 0.29) is 5.91 Å². The van der Waals surface area contributed by atoms with Gasteiger partial charge in [0.2, 0.25) is 5.91 Å². The van der Waals surface area contributed by atoms with Gasteiger partial charge < -0.3 is 9.88 Å². The lowest BCUT2D eigenvalue weighted by atomic mass is 10.1. The number of aromatic nitrogens is 3. The number of nitrogens with one attached hydrogen (secondary N) is 1. The van der Waals surface area contributed by atoms with E-state index in [1.54, 1.807) is 0 Å². The first-order chi connectivity index (χ1) is 14.5. The van der Waals surface area contributed by atoms with Gasteiger partial charge in [-0.3, -0.25) is 4.79 Å². The summed E-state index contributed by atoms with van der Waals surface area (Å²) in [6, 6.07) is 16.2. The molecule has 0 radical (unpaired) electrons. The third-order valence-corrected chi connectivity index (χ3v) is 6.64. The van der Waals surface area contributed by atoms with Gasteiger partial charge in [-0.15, -0.1) is 10.2 Å². The number of carbonyl (C=O) groups is 1. The van der Waals surface area contributed by atoms with Crippen LogP contribution in [0.5, 0.6) is 0 Å². The quantitative estimate of drug-likeness (QED) is 0.504. The summed E-state index contributed by atoms with van der Waals surface area (Å²) in [7, 11) is 0. The molecule has 0 saturated heterocycles. The molecule has 5 nitrogen and oxygen atoms in total. The van der Waals surface area contributed by atoms with Gasteiger partial charge in [0.05, 0.1) is 5.75 Å². The summed E-state index contributed by atoms with van der Waals surface area (Å²) >= 11 is 7.33. The second kappa shape index (κ2) is 9.23. The number of carbonyl (C=O) groups excluding carboxylic acids is 1. The van der Waals surface area contributed by atoms with Crippen molar-refractivity contribution in [3.8, 4) is 0 Å². The Labute approximate surface area is 186 Å². The van der Waals surface area contributed by atoms with E-state index < -0.39 is 0 Å². The maximum atomic E-state index is 12.3. The molecule has 1 aromatic heterocycles. The fraction of sp³-hybridized carbons (Fsp3) is 0.348. The minimum Gasteiger partial charge on any atom is -0.351 e. The molecular formula is C23H25ClN4OS. The van der Waals surface area contributed by atoms with E-state index in [2.05, 4.69) is 58.2 Å². The standard InChI is InChI=1S/C23H25ClN4OS/c1-3-28-22(20-12-19(20)17-8-4-15(2)5-9-17)26-27-23(28)30-14-21(29)25-13-16-6-10-18(24)11-7-16/h4-11,19-20H,3,12-14H2,1-2H3,(H,25,29)/t19-,20+/m0/s1.